The number of piperidine rings is 1. The highest BCUT2D eigenvalue weighted by molar-refractivity contribution is 7.12. The molecule has 4 heterocycles. The molecule has 0 radical (unpaired) electrons. The lowest BCUT2D eigenvalue weighted by Crippen LogP contribution is -2.59. The highest BCUT2D eigenvalue weighted by Crippen LogP contribution is 2.52. The van der Waals surface area contributed by atoms with Gasteiger partial charge in [-0.05, 0) is 30.5 Å². The topological polar surface area (TPSA) is 37.3 Å². The molecule has 5 rings (SSSR count). The van der Waals surface area contributed by atoms with Crippen LogP contribution in [0.1, 0.15) is 49.1 Å². The van der Waals surface area contributed by atoms with Crippen molar-refractivity contribution < 1.29 is 9.47 Å². The Morgan fingerprint density at radius 1 is 1.25 bits per heavy atom. The molecule has 28 heavy (non-hydrogen) atoms. The van der Waals surface area contributed by atoms with E-state index in [1.165, 1.54) is 22.6 Å². The van der Waals surface area contributed by atoms with Crippen LogP contribution in [0.2, 0.25) is 0 Å². The molecule has 0 amide bonds. The lowest BCUT2D eigenvalue weighted by atomic mass is 9.91. The Morgan fingerprint density at radius 3 is 2.82 bits per heavy atom. The molecule has 0 bridgehead atoms. The van der Waals surface area contributed by atoms with E-state index in [0.717, 1.165) is 50.4 Å². The van der Waals surface area contributed by atoms with E-state index in [0.29, 0.717) is 0 Å². The molecule has 148 valence electrons. The number of rotatable bonds is 4. The third-order valence-electron chi connectivity index (χ3n) is 6.19. The van der Waals surface area contributed by atoms with Gasteiger partial charge in [0.1, 0.15) is 0 Å². The van der Waals surface area contributed by atoms with Crippen molar-refractivity contribution in [2.45, 2.75) is 44.4 Å². The van der Waals surface area contributed by atoms with Gasteiger partial charge in [0.05, 0.1) is 23.7 Å². The molecule has 1 aromatic heterocycles. The standard InChI is InChI=1S/C22H27N3O2S/c1-3-11-24-12-9-22(10-13-24)25-18(15-17(23-25)20-8-5-14-28-20)16-6-4-7-19(26-2)21(16)27-22/h4-8,14,18H,3,9-13,15H2,1-2H3. The first-order chi connectivity index (χ1) is 13.7. The van der Waals surface area contributed by atoms with E-state index in [9.17, 15) is 0 Å². The van der Waals surface area contributed by atoms with Gasteiger partial charge in [0, 0.05) is 37.9 Å². The minimum atomic E-state index is -0.379. The second-order valence-electron chi connectivity index (χ2n) is 7.86. The zero-order chi connectivity index (χ0) is 19.1. The van der Waals surface area contributed by atoms with E-state index in [2.05, 4.69) is 46.5 Å². The zero-order valence-electron chi connectivity index (χ0n) is 16.6. The summed E-state index contributed by atoms with van der Waals surface area (Å²) < 4.78 is 12.4. The van der Waals surface area contributed by atoms with E-state index in [1.54, 1.807) is 18.4 Å². The van der Waals surface area contributed by atoms with Crippen LogP contribution in [0.25, 0.3) is 0 Å². The number of fused-ring (bicyclic) bond motifs is 4. The van der Waals surface area contributed by atoms with Crippen LogP contribution in [0.4, 0.5) is 0 Å². The summed E-state index contributed by atoms with van der Waals surface area (Å²) >= 11 is 1.77. The summed E-state index contributed by atoms with van der Waals surface area (Å²) in [6, 6.07) is 10.7. The molecule has 3 aliphatic rings. The van der Waals surface area contributed by atoms with Crippen molar-refractivity contribution in [1.29, 1.82) is 0 Å². The van der Waals surface area contributed by atoms with Crippen LogP contribution >= 0.6 is 11.3 Å². The van der Waals surface area contributed by atoms with Crippen LogP contribution in [0.15, 0.2) is 40.8 Å². The molecule has 1 saturated heterocycles. The zero-order valence-corrected chi connectivity index (χ0v) is 17.4. The van der Waals surface area contributed by atoms with Gasteiger partial charge in [-0.25, -0.2) is 5.01 Å². The monoisotopic (exact) mass is 397 g/mol. The second kappa shape index (κ2) is 7.08. The van der Waals surface area contributed by atoms with E-state index in [1.807, 2.05) is 6.07 Å². The minimum absolute atomic E-state index is 0.216. The highest BCUT2D eigenvalue weighted by atomic mass is 32.1. The van der Waals surface area contributed by atoms with Crippen LogP contribution in [0, 0.1) is 0 Å². The van der Waals surface area contributed by atoms with Crippen molar-refractivity contribution in [2.75, 3.05) is 26.7 Å². The Labute approximate surface area is 170 Å². The Hall–Kier alpha value is -2.05. The van der Waals surface area contributed by atoms with Crippen molar-refractivity contribution in [3.05, 3.63) is 46.2 Å². The van der Waals surface area contributed by atoms with Crippen molar-refractivity contribution >= 4 is 17.0 Å². The van der Waals surface area contributed by atoms with Gasteiger partial charge in [0.15, 0.2) is 11.5 Å². The number of para-hydroxylation sites is 1. The first-order valence-electron chi connectivity index (χ1n) is 10.2. The van der Waals surface area contributed by atoms with E-state index in [4.69, 9.17) is 14.6 Å². The van der Waals surface area contributed by atoms with Gasteiger partial charge in [-0.2, -0.15) is 5.10 Å². The molecule has 0 aliphatic carbocycles. The first-order valence-corrected chi connectivity index (χ1v) is 11.1. The number of hydrazone groups is 1. The number of thiophene rings is 1. The fourth-order valence-electron chi connectivity index (χ4n) is 4.79. The first kappa shape index (κ1) is 18.0. The van der Waals surface area contributed by atoms with Crippen molar-refractivity contribution in [2.24, 2.45) is 5.10 Å². The highest BCUT2D eigenvalue weighted by Gasteiger charge is 2.52. The van der Waals surface area contributed by atoms with Gasteiger partial charge >= 0.3 is 0 Å². The van der Waals surface area contributed by atoms with Crippen LogP contribution in [-0.4, -0.2) is 48.1 Å². The van der Waals surface area contributed by atoms with Crippen LogP contribution in [-0.2, 0) is 0 Å². The molecular formula is C22H27N3O2S. The average Bonchev–Trinajstić information content (AvgIpc) is 3.40. The van der Waals surface area contributed by atoms with Crippen molar-refractivity contribution in [1.82, 2.24) is 9.91 Å². The number of likely N-dealkylation sites (tertiary alicyclic amines) is 1. The Balaban J connectivity index is 1.55. The normalized spacial score (nSPS) is 23.1. The Bertz CT molecular complexity index is 872. The van der Waals surface area contributed by atoms with Gasteiger partial charge in [0.25, 0.3) is 0 Å². The van der Waals surface area contributed by atoms with E-state index >= 15 is 0 Å². The van der Waals surface area contributed by atoms with Crippen molar-refractivity contribution in [3.63, 3.8) is 0 Å². The smallest absolute Gasteiger partial charge is 0.200 e. The summed E-state index contributed by atoms with van der Waals surface area (Å²) in [5.41, 5.74) is 1.99. The maximum Gasteiger partial charge on any atom is 0.200 e. The molecule has 0 saturated carbocycles. The molecule has 1 unspecified atom stereocenters. The fourth-order valence-corrected chi connectivity index (χ4v) is 5.52. The number of hydrogen-bond acceptors (Lipinski definition) is 6. The quantitative estimate of drug-likeness (QED) is 0.761. The summed E-state index contributed by atoms with van der Waals surface area (Å²) in [5.74, 6) is 1.75. The lowest BCUT2D eigenvalue weighted by molar-refractivity contribution is -0.150. The van der Waals surface area contributed by atoms with Crippen LogP contribution in [0.3, 0.4) is 0 Å². The van der Waals surface area contributed by atoms with Crippen molar-refractivity contribution in [3.8, 4) is 11.5 Å². The summed E-state index contributed by atoms with van der Waals surface area (Å²) in [6.07, 6.45) is 4.03. The van der Waals surface area contributed by atoms with Gasteiger partial charge in [0.2, 0.25) is 5.72 Å². The summed E-state index contributed by atoms with van der Waals surface area (Å²) in [6.45, 7) is 5.50. The molecule has 6 heteroatoms. The molecule has 1 spiro atoms. The molecule has 3 aliphatic heterocycles. The molecular weight excluding hydrogens is 370 g/mol. The van der Waals surface area contributed by atoms with Gasteiger partial charge in [-0.1, -0.05) is 25.1 Å². The molecule has 1 atom stereocenters. The second-order valence-corrected chi connectivity index (χ2v) is 8.80. The Morgan fingerprint density at radius 2 is 2.11 bits per heavy atom. The number of benzene rings is 1. The summed E-state index contributed by atoms with van der Waals surface area (Å²) in [5, 5.41) is 9.54. The molecule has 5 nitrogen and oxygen atoms in total. The van der Waals surface area contributed by atoms with Gasteiger partial charge in [-0.3, -0.25) is 0 Å². The predicted molar refractivity (Wildman–Crippen MR) is 112 cm³/mol. The van der Waals surface area contributed by atoms with Crippen LogP contribution in [0.5, 0.6) is 11.5 Å². The molecule has 1 aromatic carbocycles. The van der Waals surface area contributed by atoms with Gasteiger partial charge in [-0.15, -0.1) is 11.3 Å². The minimum Gasteiger partial charge on any atom is -0.493 e. The fraction of sp³-hybridized carbons (Fsp3) is 0.500. The number of hydrogen-bond donors (Lipinski definition) is 0. The third kappa shape index (κ3) is 2.81. The summed E-state index contributed by atoms with van der Waals surface area (Å²) in [7, 11) is 1.73. The van der Waals surface area contributed by atoms with E-state index in [-0.39, 0.29) is 11.8 Å². The molecule has 1 fully saturated rings. The summed E-state index contributed by atoms with van der Waals surface area (Å²) in [4.78, 5) is 3.80. The SMILES string of the molecule is CCCN1CCC2(CC1)Oc1c(OC)cccc1C1CC(c3cccs3)=NN12. The van der Waals surface area contributed by atoms with E-state index < -0.39 is 0 Å². The largest absolute Gasteiger partial charge is 0.493 e. The predicted octanol–water partition coefficient (Wildman–Crippen LogP) is 4.50. The maximum atomic E-state index is 6.76. The Kier molecular flexibility index (Phi) is 4.56. The number of methoxy groups -OCH3 is 1. The van der Waals surface area contributed by atoms with Crippen LogP contribution < -0.4 is 9.47 Å². The third-order valence-corrected chi connectivity index (χ3v) is 7.11. The molecule has 2 aromatic rings. The molecule has 0 N–H and O–H groups in total. The number of ether oxygens (including phenoxy) is 2. The van der Waals surface area contributed by atoms with Gasteiger partial charge < -0.3 is 14.4 Å². The number of nitrogens with zero attached hydrogens (tertiary/aromatic N) is 3. The maximum absolute atomic E-state index is 6.76. The lowest BCUT2D eigenvalue weighted by Gasteiger charge is -2.51. The average molecular weight is 398 g/mol.